The van der Waals surface area contributed by atoms with Crippen LogP contribution in [0, 0.1) is 11.3 Å². The Balaban J connectivity index is 3.02. The molecule has 0 aliphatic carbocycles. The SMILES string of the molecule is CCOc1ccc(NC(=O)C(C)O)c(NC(=O)CC#N)c1. The Kier molecular flexibility index (Phi) is 6.17. The minimum absolute atomic E-state index is 0.301. The number of aliphatic hydroxyl groups is 1. The molecule has 1 rings (SSSR count). The topological polar surface area (TPSA) is 111 Å². The summed E-state index contributed by atoms with van der Waals surface area (Å²) in [4.78, 5) is 23.0. The van der Waals surface area contributed by atoms with Gasteiger partial charge in [-0.05, 0) is 26.0 Å². The van der Waals surface area contributed by atoms with Crippen LogP contribution in [0.15, 0.2) is 18.2 Å². The Bertz CT molecular complexity index is 564. The Hall–Kier alpha value is -2.59. The number of carbonyl (C=O) groups excluding carboxylic acids is 2. The second kappa shape index (κ2) is 7.87. The van der Waals surface area contributed by atoms with Crippen LogP contribution in [0.4, 0.5) is 11.4 Å². The van der Waals surface area contributed by atoms with Crippen molar-refractivity contribution in [1.29, 1.82) is 5.26 Å². The van der Waals surface area contributed by atoms with Crippen molar-refractivity contribution >= 4 is 23.2 Å². The van der Waals surface area contributed by atoms with E-state index in [1.807, 2.05) is 6.92 Å². The van der Waals surface area contributed by atoms with Gasteiger partial charge in [0.05, 0.1) is 24.1 Å². The van der Waals surface area contributed by atoms with E-state index in [0.29, 0.717) is 23.7 Å². The number of anilines is 2. The third kappa shape index (κ3) is 5.12. The number of aliphatic hydroxyl groups excluding tert-OH is 1. The van der Waals surface area contributed by atoms with Crippen molar-refractivity contribution in [2.45, 2.75) is 26.4 Å². The number of carbonyl (C=O) groups is 2. The lowest BCUT2D eigenvalue weighted by Gasteiger charge is -2.14. The molecule has 112 valence electrons. The van der Waals surface area contributed by atoms with E-state index in [2.05, 4.69) is 10.6 Å². The molecule has 0 aliphatic heterocycles. The predicted octanol–water partition coefficient (Wildman–Crippen LogP) is 1.26. The summed E-state index contributed by atoms with van der Waals surface area (Å²) >= 11 is 0. The first kappa shape index (κ1) is 16.5. The molecule has 7 heteroatoms. The summed E-state index contributed by atoms with van der Waals surface area (Å²) < 4.78 is 5.32. The van der Waals surface area contributed by atoms with Crippen molar-refractivity contribution in [2.24, 2.45) is 0 Å². The number of ether oxygens (including phenoxy) is 1. The summed E-state index contributed by atoms with van der Waals surface area (Å²) in [7, 11) is 0. The quantitative estimate of drug-likeness (QED) is 0.730. The summed E-state index contributed by atoms with van der Waals surface area (Å²) in [6.45, 7) is 3.60. The average Bonchev–Trinajstić information content (AvgIpc) is 2.42. The molecule has 0 radical (unpaired) electrons. The number of nitrogens with one attached hydrogen (secondary N) is 2. The van der Waals surface area contributed by atoms with Gasteiger partial charge in [-0.3, -0.25) is 9.59 Å². The molecule has 1 aromatic carbocycles. The first-order valence-electron chi connectivity index (χ1n) is 6.40. The van der Waals surface area contributed by atoms with E-state index < -0.39 is 17.9 Å². The number of rotatable bonds is 6. The lowest BCUT2D eigenvalue weighted by molar-refractivity contribution is -0.123. The van der Waals surface area contributed by atoms with Gasteiger partial charge < -0.3 is 20.5 Å². The van der Waals surface area contributed by atoms with E-state index in [9.17, 15) is 14.7 Å². The minimum Gasteiger partial charge on any atom is -0.494 e. The van der Waals surface area contributed by atoms with E-state index >= 15 is 0 Å². The van der Waals surface area contributed by atoms with Crippen molar-refractivity contribution in [3.05, 3.63) is 18.2 Å². The number of nitriles is 1. The highest BCUT2D eigenvalue weighted by Crippen LogP contribution is 2.27. The monoisotopic (exact) mass is 291 g/mol. The van der Waals surface area contributed by atoms with E-state index in [1.165, 1.54) is 13.0 Å². The Morgan fingerprint density at radius 2 is 2.10 bits per heavy atom. The molecule has 7 nitrogen and oxygen atoms in total. The molecule has 0 fully saturated rings. The first-order valence-corrected chi connectivity index (χ1v) is 6.40. The molecular weight excluding hydrogens is 274 g/mol. The summed E-state index contributed by atoms with van der Waals surface area (Å²) in [5, 5.41) is 22.7. The fraction of sp³-hybridized carbons (Fsp3) is 0.357. The molecule has 0 spiro atoms. The highest BCUT2D eigenvalue weighted by molar-refractivity contribution is 6.01. The van der Waals surface area contributed by atoms with Gasteiger partial charge >= 0.3 is 0 Å². The highest BCUT2D eigenvalue weighted by Gasteiger charge is 2.14. The zero-order valence-electron chi connectivity index (χ0n) is 11.8. The zero-order valence-corrected chi connectivity index (χ0v) is 11.8. The minimum atomic E-state index is -1.18. The average molecular weight is 291 g/mol. The van der Waals surface area contributed by atoms with Gasteiger partial charge in [0.1, 0.15) is 18.3 Å². The highest BCUT2D eigenvalue weighted by atomic mass is 16.5. The fourth-order valence-electron chi connectivity index (χ4n) is 1.50. The summed E-state index contributed by atoms with van der Waals surface area (Å²) in [5.74, 6) is -0.589. The molecule has 0 aromatic heterocycles. The first-order chi connectivity index (χ1) is 9.97. The van der Waals surface area contributed by atoms with Crippen molar-refractivity contribution in [3.63, 3.8) is 0 Å². The van der Waals surface area contributed by atoms with Crippen LogP contribution >= 0.6 is 0 Å². The summed E-state index contributed by atoms with van der Waals surface area (Å²) in [5.41, 5.74) is 0.617. The second-order valence-electron chi connectivity index (χ2n) is 4.19. The maximum Gasteiger partial charge on any atom is 0.252 e. The third-order valence-electron chi connectivity index (χ3n) is 2.45. The van der Waals surface area contributed by atoms with E-state index in [0.717, 1.165) is 0 Å². The molecule has 21 heavy (non-hydrogen) atoms. The lowest BCUT2D eigenvalue weighted by Crippen LogP contribution is -2.25. The van der Waals surface area contributed by atoms with Crippen LogP contribution in [-0.4, -0.2) is 29.6 Å². The van der Waals surface area contributed by atoms with Crippen molar-refractivity contribution < 1.29 is 19.4 Å². The third-order valence-corrected chi connectivity index (χ3v) is 2.45. The molecule has 0 bridgehead atoms. The zero-order chi connectivity index (χ0) is 15.8. The Morgan fingerprint density at radius 3 is 2.67 bits per heavy atom. The van der Waals surface area contributed by atoms with Crippen LogP contribution in [0.1, 0.15) is 20.3 Å². The number of hydrogen-bond acceptors (Lipinski definition) is 5. The van der Waals surface area contributed by atoms with Gasteiger partial charge in [-0.2, -0.15) is 5.26 Å². The van der Waals surface area contributed by atoms with Gasteiger partial charge in [-0.25, -0.2) is 0 Å². The number of amides is 2. The van der Waals surface area contributed by atoms with E-state index in [-0.39, 0.29) is 6.42 Å². The Labute approximate surface area is 122 Å². The van der Waals surface area contributed by atoms with Crippen LogP contribution in [-0.2, 0) is 9.59 Å². The largest absolute Gasteiger partial charge is 0.494 e. The van der Waals surface area contributed by atoms with Gasteiger partial charge in [-0.15, -0.1) is 0 Å². The molecule has 0 saturated carbocycles. The van der Waals surface area contributed by atoms with E-state index in [4.69, 9.17) is 10.00 Å². The molecule has 0 heterocycles. The molecule has 2 amide bonds. The van der Waals surface area contributed by atoms with Gasteiger partial charge in [0.2, 0.25) is 5.91 Å². The maximum atomic E-state index is 11.5. The van der Waals surface area contributed by atoms with Gasteiger partial charge in [-0.1, -0.05) is 0 Å². The number of hydrogen-bond donors (Lipinski definition) is 3. The molecule has 1 unspecified atom stereocenters. The van der Waals surface area contributed by atoms with Crippen molar-refractivity contribution in [3.8, 4) is 11.8 Å². The maximum absolute atomic E-state index is 11.5. The van der Waals surface area contributed by atoms with Crippen LogP contribution in [0.5, 0.6) is 5.75 Å². The summed E-state index contributed by atoms with van der Waals surface area (Å²) in [6.07, 6.45) is -1.48. The second-order valence-corrected chi connectivity index (χ2v) is 4.19. The molecule has 0 aliphatic rings. The smallest absolute Gasteiger partial charge is 0.252 e. The predicted molar refractivity (Wildman–Crippen MR) is 76.8 cm³/mol. The van der Waals surface area contributed by atoms with Gasteiger partial charge in [0, 0.05) is 6.07 Å². The fourth-order valence-corrected chi connectivity index (χ4v) is 1.50. The summed E-state index contributed by atoms with van der Waals surface area (Å²) in [6, 6.07) is 6.45. The molecule has 1 aromatic rings. The van der Waals surface area contributed by atoms with Crippen LogP contribution in [0.3, 0.4) is 0 Å². The van der Waals surface area contributed by atoms with Crippen molar-refractivity contribution in [1.82, 2.24) is 0 Å². The van der Waals surface area contributed by atoms with Crippen molar-refractivity contribution in [2.75, 3.05) is 17.2 Å². The number of benzene rings is 1. The lowest BCUT2D eigenvalue weighted by atomic mass is 10.2. The molecular formula is C14H17N3O4. The normalized spacial score (nSPS) is 11.1. The Morgan fingerprint density at radius 1 is 1.38 bits per heavy atom. The number of nitrogens with zero attached hydrogens (tertiary/aromatic N) is 1. The van der Waals surface area contributed by atoms with E-state index in [1.54, 1.807) is 18.2 Å². The van der Waals surface area contributed by atoms with Crippen LogP contribution in [0.2, 0.25) is 0 Å². The molecule has 1 atom stereocenters. The van der Waals surface area contributed by atoms with Gasteiger partial charge in [0.15, 0.2) is 0 Å². The van der Waals surface area contributed by atoms with Gasteiger partial charge in [0.25, 0.3) is 5.91 Å². The van der Waals surface area contributed by atoms with Crippen LogP contribution < -0.4 is 15.4 Å². The standard InChI is InChI=1S/C14H17N3O4/c1-3-21-10-4-5-11(17-14(20)9(2)18)12(8-10)16-13(19)6-7-15/h4-5,8-9,18H,3,6H2,1-2H3,(H,16,19)(H,17,20). The van der Waals surface area contributed by atoms with Crippen LogP contribution in [0.25, 0.3) is 0 Å². The molecule has 3 N–H and O–H groups in total. The molecule has 0 saturated heterocycles.